The standard InChI is InChI=1S/C22H30ClN5O2/c23-20-16-25-22(27-21(20)24-15-19-5-4-13-29-19)26-17-6-8-18(9-7-17)30-14-12-28-10-2-1-3-11-28/h6-9,16,19H,1-5,10-15H2,(H2,24,25,26,27). The Labute approximate surface area is 183 Å². The molecule has 0 bridgehead atoms. The molecule has 162 valence electrons. The van der Waals surface area contributed by atoms with Crippen LogP contribution in [-0.2, 0) is 4.74 Å². The van der Waals surface area contributed by atoms with Gasteiger partial charge in [-0.1, -0.05) is 18.0 Å². The third-order valence-electron chi connectivity index (χ3n) is 5.50. The molecular formula is C22H30ClN5O2. The number of benzene rings is 1. The normalized spacial score (nSPS) is 19.6. The van der Waals surface area contributed by atoms with Crippen LogP contribution >= 0.6 is 11.6 Å². The van der Waals surface area contributed by atoms with E-state index in [4.69, 9.17) is 21.1 Å². The Kier molecular flexibility index (Phi) is 7.61. The fourth-order valence-corrected chi connectivity index (χ4v) is 3.96. The van der Waals surface area contributed by atoms with Gasteiger partial charge >= 0.3 is 0 Å². The van der Waals surface area contributed by atoms with Crippen molar-refractivity contribution in [1.29, 1.82) is 0 Å². The van der Waals surface area contributed by atoms with Gasteiger partial charge in [0.05, 0.1) is 12.3 Å². The van der Waals surface area contributed by atoms with Crippen molar-refractivity contribution in [2.24, 2.45) is 0 Å². The second-order valence-corrected chi connectivity index (χ2v) is 8.21. The lowest BCUT2D eigenvalue weighted by molar-refractivity contribution is 0.120. The molecule has 8 heteroatoms. The number of hydrogen-bond donors (Lipinski definition) is 2. The van der Waals surface area contributed by atoms with Crippen LogP contribution in [0.1, 0.15) is 32.1 Å². The van der Waals surface area contributed by atoms with Gasteiger partial charge in [0.1, 0.15) is 17.4 Å². The van der Waals surface area contributed by atoms with Crippen molar-refractivity contribution in [2.45, 2.75) is 38.2 Å². The molecule has 7 nitrogen and oxygen atoms in total. The Morgan fingerprint density at radius 3 is 2.73 bits per heavy atom. The minimum atomic E-state index is 0.217. The molecule has 2 saturated heterocycles. The largest absolute Gasteiger partial charge is 0.492 e. The van der Waals surface area contributed by atoms with Crippen molar-refractivity contribution < 1.29 is 9.47 Å². The van der Waals surface area contributed by atoms with Gasteiger partial charge in [-0.2, -0.15) is 4.98 Å². The van der Waals surface area contributed by atoms with Crippen molar-refractivity contribution in [3.63, 3.8) is 0 Å². The highest BCUT2D eigenvalue weighted by Crippen LogP contribution is 2.23. The summed E-state index contributed by atoms with van der Waals surface area (Å²) in [6, 6.07) is 7.86. The Morgan fingerprint density at radius 1 is 1.13 bits per heavy atom. The average molecular weight is 432 g/mol. The third-order valence-corrected chi connectivity index (χ3v) is 5.78. The first-order chi connectivity index (χ1) is 14.8. The predicted octanol–water partition coefficient (Wildman–Crippen LogP) is 4.33. The van der Waals surface area contributed by atoms with Crippen LogP contribution in [0, 0.1) is 0 Å². The van der Waals surface area contributed by atoms with Gasteiger partial charge in [-0.3, -0.25) is 4.90 Å². The smallest absolute Gasteiger partial charge is 0.229 e. The van der Waals surface area contributed by atoms with E-state index in [2.05, 4.69) is 25.5 Å². The number of halogens is 1. The molecule has 0 amide bonds. The fourth-order valence-electron chi connectivity index (χ4n) is 3.81. The molecule has 2 N–H and O–H groups in total. The first kappa shape index (κ1) is 21.2. The molecule has 0 radical (unpaired) electrons. The molecule has 1 unspecified atom stereocenters. The number of hydrogen-bond acceptors (Lipinski definition) is 7. The maximum absolute atomic E-state index is 6.23. The number of piperidine rings is 1. The van der Waals surface area contributed by atoms with Crippen LogP contribution in [0.2, 0.25) is 5.02 Å². The lowest BCUT2D eigenvalue weighted by Gasteiger charge is -2.26. The second kappa shape index (κ2) is 10.8. The molecule has 1 aromatic heterocycles. The number of likely N-dealkylation sites (tertiary alicyclic amines) is 1. The van der Waals surface area contributed by atoms with Crippen LogP contribution in [0.4, 0.5) is 17.5 Å². The van der Waals surface area contributed by atoms with E-state index in [9.17, 15) is 0 Å². The summed E-state index contributed by atoms with van der Waals surface area (Å²) in [6.07, 6.45) is 7.96. The second-order valence-electron chi connectivity index (χ2n) is 7.81. The van der Waals surface area contributed by atoms with Crippen molar-refractivity contribution in [2.75, 3.05) is 50.0 Å². The zero-order chi connectivity index (χ0) is 20.6. The van der Waals surface area contributed by atoms with Gasteiger partial charge in [0.2, 0.25) is 5.95 Å². The van der Waals surface area contributed by atoms with Crippen molar-refractivity contribution in [1.82, 2.24) is 14.9 Å². The maximum atomic E-state index is 6.23. The van der Waals surface area contributed by atoms with Crippen molar-refractivity contribution in [3.05, 3.63) is 35.5 Å². The van der Waals surface area contributed by atoms with E-state index < -0.39 is 0 Å². The SMILES string of the molecule is Clc1cnc(Nc2ccc(OCCN3CCCCC3)cc2)nc1NCC1CCCO1. The van der Waals surface area contributed by atoms with Crippen LogP contribution in [0.5, 0.6) is 5.75 Å². The van der Waals surface area contributed by atoms with Crippen molar-refractivity contribution >= 4 is 29.1 Å². The van der Waals surface area contributed by atoms with Gasteiger partial charge in [-0.05, 0) is 63.0 Å². The molecule has 2 aromatic rings. The quantitative estimate of drug-likeness (QED) is 0.612. The van der Waals surface area contributed by atoms with Crippen LogP contribution in [-0.4, -0.2) is 60.4 Å². The number of ether oxygens (including phenoxy) is 2. The molecule has 1 atom stereocenters. The first-order valence-electron chi connectivity index (χ1n) is 10.9. The summed E-state index contributed by atoms with van der Waals surface area (Å²) >= 11 is 6.23. The van der Waals surface area contributed by atoms with E-state index in [1.165, 1.54) is 32.4 Å². The zero-order valence-corrected chi connectivity index (χ0v) is 18.0. The first-order valence-corrected chi connectivity index (χ1v) is 11.2. The van der Waals surface area contributed by atoms with E-state index in [1.807, 2.05) is 24.3 Å². The lowest BCUT2D eigenvalue weighted by atomic mass is 10.1. The van der Waals surface area contributed by atoms with Gasteiger partial charge in [0.15, 0.2) is 5.82 Å². The van der Waals surface area contributed by atoms with E-state index >= 15 is 0 Å². The van der Waals surface area contributed by atoms with Gasteiger partial charge < -0.3 is 20.1 Å². The molecule has 0 spiro atoms. The minimum Gasteiger partial charge on any atom is -0.492 e. The monoisotopic (exact) mass is 431 g/mol. The molecule has 2 aliphatic heterocycles. The van der Waals surface area contributed by atoms with Crippen LogP contribution < -0.4 is 15.4 Å². The fraction of sp³-hybridized carbons (Fsp3) is 0.545. The van der Waals surface area contributed by atoms with Gasteiger partial charge in [-0.25, -0.2) is 4.98 Å². The van der Waals surface area contributed by atoms with Crippen molar-refractivity contribution in [3.8, 4) is 5.75 Å². The number of nitrogens with one attached hydrogen (secondary N) is 2. The molecule has 30 heavy (non-hydrogen) atoms. The summed E-state index contributed by atoms with van der Waals surface area (Å²) in [5.74, 6) is 1.98. The Bertz CT molecular complexity index is 793. The summed E-state index contributed by atoms with van der Waals surface area (Å²) in [5, 5.41) is 6.98. The minimum absolute atomic E-state index is 0.217. The number of rotatable bonds is 9. The molecule has 0 saturated carbocycles. The predicted molar refractivity (Wildman–Crippen MR) is 120 cm³/mol. The van der Waals surface area contributed by atoms with Crippen LogP contribution in [0.15, 0.2) is 30.5 Å². The van der Waals surface area contributed by atoms with E-state index in [0.29, 0.717) is 29.9 Å². The topological polar surface area (TPSA) is 71.5 Å². The van der Waals surface area contributed by atoms with Gasteiger partial charge in [0, 0.05) is 25.4 Å². The van der Waals surface area contributed by atoms with Crippen LogP contribution in [0.3, 0.4) is 0 Å². The highest BCUT2D eigenvalue weighted by atomic mass is 35.5. The summed E-state index contributed by atoms with van der Waals surface area (Å²) in [6.45, 7) is 5.61. The summed E-state index contributed by atoms with van der Waals surface area (Å²) in [4.78, 5) is 11.2. The zero-order valence-electron chi connectivity index (χ0n) is 17.3. The average Bonchev–Trinajstić information content (AvgIpc) is 3.30. The number of nitrogens with zero attached hydrogens (tertiary/aromatic N) is 3. The summed E-state index contributed by atoms with van der Waals surface area (Å²) < 4.78 is 11.5. The number of aromatic nitrogens is 2. The molecular weight excluding hydrogens is 402 g/mol. The molecule has 0 aliphatic carbocycles. The third kappa shape index (κ3) is 6.20. The van der Waals surface area contributed by atoms with E-state index in [-0.39, 0.29) is 6.10 Å². The highest BCUT2D eigenvalue weighted by Gasteiger charge is 2.16. The summed E-state index contributed by atoms with van der Waals surface area (Å²) in [5.41, 5.74) is 0.894. The molecule has 1 aromatic carbocycles. The van der Waals surface area contributed by atoms with Gasteiger partial charge in [-0.15, -0.1) is 0 Å². The molecule has 2 aliphatic rings. The Balaban J connectivity index is 1.26. The van der Waals surface area contributed by atoms with E-state index in [1.54, 1.807) is 6.20 Å². The van der Waals surface area contributed by atoms with E-state index in [0.717, 1.165) is 37.4 Å². The van der Waals surface area contributed by atoms with Gasteiger partial charge in [0.25, 0.3) is 0 Å². The highest BCUT2D eigenvalue weighted by molar-refractivity contribution is 6.32. The Morgan fingerprint density at radius 2 is 1.97 bits per heavy atom. The molecule has 4 rings (SSSR count). The molecule has 3 heterocycles. The Hall–Kier alpha value is -2.09. The summed E-state index contributed by atoms with van der Waals surface area (Å²) in [7, 11) is 0. The maximum Gasteiger partial charge on any atom is 0.229 e. The number of anilines is 3. The lowest BCUT2D eigenvalue weighted by Crippen LogP contribution is -2.33. The molecule has 2 fully saturated rings. The van der Waals surface area contributed by atoms with Crippen LogP contribution in [0.25, 0.3) is 0 Å².